The molecule has 1 spiro atoms. The van der Waals surface area contributed by atoms with Crippen molar-refractivity contribution in [3.8, 4) is 0 Å². The van der Waals surface area contributed by atoms with Crippen molar-refractivity contribution in [2.24, 2.45) is 33.5 Å². The Kier molecular flexibility index (Phi) is 3.60. The molecule has 8 atom stereocenters. The normalized spacial score (nSPS) is 54.5. The van der Waals surface area contributed by atoms with Crippen molar-refractivity contribution in [3.63, 3.8) is 0 Å². The lowest BCUT2D eigenvalue weighted by Gasteiger charge is -2.71. The molecule has 0 aromatic carbocycles. The quantitative estimate of drug-likeness (QED) is 0.471. The van der Waals surface area contributed by atoms with Gasteiger partial charge < -0.3 is 14.6 Å². The lowest BCUT2D eigenvalue weighted by atomic mass is 9.33. The summed E-state index contributed by atoms with van der Waals surface area (Å²) in [5, 5.41) is 11.9. The monoisotopic (exact) mass is 428 g/mol. The van der Waals surface area contributed by atoms with Crippen LogP contribution in [-0.4, -0.2) is 40.1 Å². The maximum absolute atomic E-state index is 13.6. The van der Waals surface area contributed by atoms with Crippen molar-refractivity contribution in [2.75, 3.05) is 0 Å². The number of fused-ring (bicyclic) bond motifs is 4. The van der Waals surface area contributed by atoms with Crippen LogP contribution in [-0.2, 0) is 23.9 Å². The van der Waals surface area contributed by atoms with E-state index in [-0.39, 0.29) is 17.6 Å². The average molecular weight is 429 g/mol. The van der Waals surface area contributed by atoms with Crippen LogP contribution in [0.25, 0.3) is 0 Å². The molecule has 2 saturated carbocycles. The second-order valence-electron chi connectivity index (χ2n) is 11.7. The molecule has 2 bridgehead atoms. The number of carbonyl (C=O) groups is 3. The third-order valence-electron chi connectivity index (χ3n) is 10.2. The molecule has 5 rings (SSSR count). The summed E-state index contributed by atoms with van der Waals surface area (Å²) in [5.41, 5.74) is -6.11. The van der Waals surface area contributed by atoms with Gasteiger partial charge in [-0.25, -0.2) is 4.79 Å². The molecular weight excluding hydrogens is 396 g/mol. The molecule has 1 N–H and O–H groups in total. The van der Waals surface area contributed by atoms with Gasteiger partial charge in [0.15, 0.2) is 5.78 Å². The number of carbonyl (C=O) groups excluding carboxylic acids is 3. The Morgan fingerprint density at radius 1 is 1.06 bits per heavy atom. The van der Waals surface area contributed by atoms with Gasteiger partial charge in [-0.1, -0.05) is 40.3 Å². The molecule has 5 aliphatic rings. The van der Waals surface area contributed by atoms with Gasteiger partial charge in [-0.05, 0) is 67.4 Å². The van der Waals surface area contributed by atoms with E-state index in [1.807, 2.05) is 26.8 Å². The highest BCUT2D eigenvalue weighted by atomic mass is 16.6. The molecule has 31 heavy (non-hydrogen) atoms. The van der Waals surface area contributed by atoms with E-state index in [4.69, 9.17) is 9.47 Å². The third-order valence-corrected chi connectivity index (χ3v) is 10.2. The zero-order valence-electron chi connectivity index (χ0n) is 19.2. The van der Waals surface area contributed by atoms with Gasteiger partial charge in [0, 0.05) is 5.41 Å². The largest absolute Gasteiger partial charge is 0.458 e. The van der Waals surface area contributed by atoms with Crippen molar-refractivity contribution in [1.82, 2.24) is 0 Å². The highest BCUT2D eigenvalue weighted by Crippen LogP contribution is 2.77. The predicted molar refractivity (Wildman–Crippen MR) is 112 cm³/mol. The van der Waals surface area contributed by atoms with E-state index in [2.05, 4.69) is 13.5 Å². The first-order valence-electron chi connectivity index (χ1n) is 11.2. The summed E-state index contributed by atoms with van der Waals surface area (Å²) < 4.78 is 11.5. The first-order chi connectivity index (χ1) is 14.1. The van der Waals surface area contributed by atoms with Crippen molar-refractivity contribution in [2.45, 2.75) is 78.1 Å². The molecule has 2 saturated heterocycles. The van der Waals surface area contributed by atoms with Crippen LogP contribution in [0.4, 0.5) is 0 Å². The summed E-state index contributed by atoms with van der Waals surface area (Å²) in [6, 6.07) is 0. The molecule has 2 heterocycles. The Morgan fingerprint density at radius 2 is 1.71 bits per heavy atom. The molecule has 4 fully saturated rings. The average Bonchev–Trinajstić information content (AvgIpc) is 2.87. The molecule has 6 heteroatoms. The molecule has 0 aromatic rings. The fourth-order valence-electron chi connectivity index (χ4n) is 8.54. The number of hydrogen-bond acceptors (Lipinski definition) is 6. The summed E-state index contributed by atoms with van der Waals surface area (Å²) in [4.78, 5) is 39.6. The number of esters is 2. The summed E-state index contributed by atoms with van der Waals surface area (Å²) in [5.74, 6) is -1.33. The number of cyclic esters (lactones) is 1. The number of aliphatic hydroxyl groups is 1. The van der Waals surface area contributed by atoms with Crippen molar-refractivity contribution >= 4 is 17.7 Å². The number of allylic oxidation sites excluding steroid dienone is 2. The maximum atomic E-state index is 13.6. The van der Waals surface area contributed by atoms with Crippen LogP contribution < -0.4 is 0 Å². The molecule has 0 unspecified atom stereocenters. The van der Waals surface area contributed by atoms with Crippen molar-refractivity contribution in [1.29, 1.82) is 0 Å². The lowest BCUT2D eigenvalue weighted by Crippen LogP contribution is -2.78. The first-order valence-corrected chi connectivity index (χ1v) is 11.2. The van der Waals surface area contributed by atoms with E-state index in [0.717, 1.165) is 0 Å². The van der Waals surface area contributed by atoms with Crippen LogP contribution in [0.5, 0.6) is 0 Å². The summed E-state index contributed by atoms with van der Waals surface area (Å²) in [6.45, 7) is 15.7. The standard InChI is InChI=1S/C25H32O6/c1-13-23(7)12-16-21(5)10-9-17(26)20(3,4)15(21)8-11-22(16,6)24(13)18(27)30-14(2)25(24,29)19(28)31-23/h9-10,14-16,29H,1,8,11-12H2,2-7H3/t14-,15+,16-,21-,22+,23-,24+,25-/m1/s1. The van der Waals surface area contributed by atoms with Crippen molar-refractivity contribution < 1.29 is 29.0 Å². The number of rotatable bonds is 0. The molecular formula is C25H32O6. The van der Waals surface area contributed by atoms with Crippen molar-refractivity contribution in [3.05, 3.63) is 24.3 Å². The minimum Gasteiger partial charge on any atom is -0.458 e. The summed E-state index contributed by atoms with van der Waals surface area (Å²) >= 11 is 0. The van der Waals surface area contributed by atoms with Gasteiger partial charge in [0.1, 0.15) is 17.1 Å². The Morgan fingerprint density at radius 3 is 2.35 bits per heavy atom. The van der Waals surface area contributed by atoms with E-state index in [1.54, 1.807) is 19.9 Å². The highest BCUT2D eigenvalue weighted by Gasteiger charge is 2.86. The van der Waals surface area contributed by atoms with E-state index in [1.165, 1.54) is 0 Å². The molecule has 3 aliphatic carbocycles. The summed E-state index contributed by atoms with van der Waals surface area (Å²) in [7, 11) is 0. The molecule has 0 amide bonds. The fraction of sp³-hybridized carbons (Fsp3) is 0.720. The topological polar surface area (TPSA) is 89.9 Å². The molecule has 0 aromatic heterocycles. The van der Waals surface area contributed by atoms with Crippen LogP contribution in [0, 0.1) is 33.5 Å². The zero-order valence-corrected chi connectivity index (χ0v) is 19.2. The molecule has 168 valence electrons. The van der Waals surface area contributed by atoms with Gasteiger partial charge in [-0.2, -0.15) is 0 Å². The van der Waals surface area contributed by atoms with Gasteiger partial charge in [-0.3, -0.25) is 9.59 Å². The lowest BCUT2D eigenvalue weighted by molar-refractivity contribution is -0.263. The van der Waals surface area contributed by atoms with Crippen LogP contribution in [0.15, 0.2) is 24.3 Å². The minimum absolute atomic E-state index is 0.0707. The SMILES string of the molecule is C=C1[C@@]23C(=O)O[C@H](C)[C@@]2(O)C(=O)O[C@]1(C)C[C@@H]1[C@]2(C)C=CC(=O)C(C)(C)[C@@H]2CC[C@@]13C. The molecule has 6 nitrogen and oxygen atoms in total. The van der Waals surface area contributed by atoms with Gasteiger partial charge in [-0.15, -0.1) is 0 Å². The number of hydrogen-bond donors (Lipinski definition) is 1. The fourth-order valence-corrected chi connectivity index (χ4v) is 8.54. The van der Waals surface area contributed by atoms with Gasteiger partial charge in [0.25, 0.3) is 0 Å². The Balaban J connectivity index is 1.81. The van der Waals surface area contributed by atoms with E-state index in [9.17, 15) is 19.5 Å². The van der Waals surface area contributed by atoms with Crippen LogP contribution >= 0.6 is 0 Å². The van der Waals surface area contributed by atoms with Crippen LogP contribution in [0.1, 0.15) is 60.8 Å². The Hall–Kier alpha value is -1.95. The Bertz CT molecular complexity index is 994. The van der Waals surface area contributed by atoms with Gasteiger partial charge >= 0.3 is 11.9 Å². The summed E-state index contributed by atoms with van der Waals surface area (Å²) in [6.07, 6.45) is 4.40. The molecule has 2 aliphatic heterocycles. The van der Waals surface area contributed by atoms with Crippen LogP contribution in [0.2, 0.25) is 0 Å². The second-order valence-corrected chi connectivity index (χ2v) is 11.7. The van der Waals surface area contributed by atoms with E-state index in [0.29, 0.717) is 24.8 Å². The highest BCUT2D eigenvalue weighted by molar-refractivity contribution is 6.00. The number of ketones is 1. The van der Waals surface area contributed by atoms with Gasteiger partial charge in [0.05, 0.1) is 0 Å². The first kappa shape index (κ1) is 20.9. The smallest absolute Gasteiger partial charge is 0.344 e. The minimum atomic E-state index is -2.12. The number of ether oxygens (including phenoxy) is 2. The van der Waals surface area contributed by atoms with E-state index >= 15 is 0 Å². The van der Waals surface area contributed by atoms with Crippen LogP contribution in [0.3, 0.4) is 0 Å². The second kappa shape index (κ2) is 5.33. The third kappa shape index (κ3) is 1.83. The Labute approximate surface area is 183 Å². The maximum Gasteiger partial charge on any atom is 0.344 e. The van der Waals surface area contributed by atoms with Gasteiger partial charge in [0.2, 0.25) is 5.60 Å². The molecule has 0 radical (unpaired) electrons. The van der Waals surface area contributed by atoms with E-state index < -0.39 is 50.9 Å². The predicted octanol–water partition coefficient (Wildman–Crippen LogP) is 3.13. The zero-order chi connectivity index (χ0) is 23.0.